The van der Waals surface area contributed by atoms with Crippen LogP contribution in [0.25, 0.3) is 16.6 Å². The van der Waals surface area contributed by atoms with E-state index in [9.17, 15) is 14.4 Å². The summed E-state index contributed by atoms with van der Waals surface area (Å²) in [6, 6.07) is 10.5. The van der Waals surface area contributed by atoms with E-state index in [1.807, 2.05) is 20.8 Å². The monoisotopic (exact) mass is 443 g/mol. The first-order valence-corrected chi connectivity index (χ1v) is 10.6. The highest BCUT2D eigenvalue weighted by atomic mass is 35.5. The standard InChI is InChI=1S/C23H26ClN3O4/c1-5-31-18-9-7-17(8-10-18)27-22(29)19-11-6-16(24)12-20(19)26(23(27)30)15(4)21(28)25-13-14(2)3/h6-12,14-15H,5,13H2,1-4H3,(H,25,28). The van der Waals surface area contributed by atoms with Crippen LogP contribution in [0.1, 0.15) is 33.7 Å². The van der Waals surface area contributed by atoms with Crippen molar-refractivity contribution in [2.24, 2.45) is 5.92 Å². The lowest BCUT2D eigenvalue weighted by Gasteiger charge is -2.20. The van der Waals surface area contributed by atoms with E-state index in [0.29, 0.717) is 40.5 Å². The minimum Gasteiger partial charge on any atom is -0.494 e. The van der Waals surface area contributed by atoms with Crippen molar-refractivity contribution in [3.8, 4) is 11.4 Å². The summed E-state index contributed by atoms with van der Waals surface area (Å²) in [5.41, 5.74) is -0.390. The fourth-order valence-corrected chi connectivity index (χ4v) is 3.50. The van der Waals surface area contributed by atoms with E-state index in [2.05, 4.69) is 5.32 Å². The van der Waals surface area contributed by atoms with Gasteiger partial charge in [-0.3, -0.25) is 14.2 Å². The number of rotatable bonds is 7. The van der Waals surface area contributed by atoms with Gasteiger partial charge in [0.05, 0.1) is 23.2 Å². The zero-order chi connectivity index (χ0) is 22.7. The predicted octanol–water partition coefficient (Wildman–Crippen LogP) is 3.54. The van der Waals surface area contributed by atoms with Crippen molar-refractivity contribution >= 4 is 28.4 Å². The Kier molecular flexibility index (Phi) is 6.85. The first kappa shape index (κ1) is 22.6. The highest BCUT2D eigenvalue weighted by Crippen LogP contribution is 2.20. The third-order valence-corrected chi connectivity index (χ3v) is 5.14. The molecule has 0 aliphatic heterocycles. The predicted molar refractivity (Wildman–Crippen MR) is 123 cm³/mol. The summed E-state index contributed by atoms with van der Waals surface area (Å²) in [6.07, 6.45) is 0. The summed E-state index contributed by atoms with van der Waals surface area (Å²) in [4.78, 5) is 39.5. The molecule has 0 aliphatic rings. The van der Waals surface area contributed by atoms with Gasteiger partial charge in [0.25, 0.3) is 5.56 Å². The van der Waals surface area contributed by atoms with E-state index in [0.717, 1.165) is 4.57 Å². The number of aromatic nitrogens is 2. The fourth-order valence-electron chi connectivity index (χ4n) is 3.33. The lowest BCUT2D eigenvalue weighted by molar-refractivity contribution is -0.124. The molecule has 1 unspecified atom stereocenters. The Labute approximate surface area is 185 Å². The second kappa shape index (κ2) is 9.39. The van der Waals surface area contributed by atoms with Crippen LogP contribution in [0.5, 0.6) is 5.75 Å². The summed E-state index contributed by atoms with van der Waals surface area (Å²) in [7, 11) is 0. The van der Waals surface area contributed by atoms with Gasteiger partial charge in [0.2, 0.25) is 5.91 Å². The molecule has 0 saturated heterocycles. The summed E-state index contributed by atoms with van der Waals surface area (Å²) in [5.74, 6) is 0.583. The third kappa shape index (κ3) is 4.66. The lowest BCUT2D eigenvalue weighted by atomic mass is 10.2. The number of benzene rings is 2. The van der Waals surface area contributed by atoms with Gasteiger partial charge in [-0.25, -0.2) is 9.36 Å². The van der Waals surface area contributed by atoms with E-state index in [1.54, 1.807) is 43.3 Å². The average Bonchev–Trinajstić information content (AvgIpc) is 2.73. The van der Waals surface area contributed by atoms with E-state index < -0.39 is 17.3 Å². The molecule has 0 spiro atoms. The first-order valence-electron chi connectivity index (χ1n) is 10.2. The van der Waals surface area contributed by atoms with Crippen molar-refractivity contribution in [2.75, 3.05) is 13.2 Å². The van der Waals surface area contributed by atoms with Crippen LogP contribution in [0.2, 0.25) is 5.02 Å². The van der Waals surface area contributed by atoms with Crippen molar-refractivity contribution in [2.45, 2.75) is 33.7 Å². The molecule has 0 saturated carbocycles. The average molecular weight is 444 g/mol. The number of carbonyl (C=O) groups excluding carboxylic acids is 1. The Morgan fingerprint density at radius 2 is 1.77 bits per heavy atom. The maximum absolute atomic E-state index is 13.5. The van der Waals surface area contributed by atoms with Crippen LogP contribution in [0.4, 0.5) is 0 Å². The number of ether oxygens (including phenoxy) is 1. The van der Waals surface area contributed by atoms with Crippen LogP contribution in [0, 0.1) is 5.92 Å². The van der Waals surface area contributed by atoms with Crippen LogP contribution in [0.3, 0.4) is 0 Å². The lowest BCUT2D eigenvalue weighted by Crippen LogP contribution is -2.44. The highest BCUT2D eigenvalue weighted by molar-refractivity contribution is 6.31. The number of fused-ring (bicyclic) bond motifs is 1. The third-order valence-electron chi connectivity index (χ3n) is 4.91. The van der Waals surface area contributed by atoms with Crippen LogP contribution >= 0.6 is 11.6 Å². The quantitative estimate of drug-likeness (QED) is 0.605. The van der Waals surface area contributed by atoms with Crippen LogP contribution in [-0.4, -0.2) is 28.2 Å². The number of hydrogen-bond donors (Lipinski definition) is 1. The molecular weight excluding hydrogens is 418 g/mol. The normalized spacial score (nSPS) is 12.2. The Hall–Kier alpha value is -3.06. The van der Waals surface area contributed by atoms with Crippen LogP contribution in [-0.2, 0) is 4.79 Å². The molecule has 8 heteroatoms. The van der Waals surface area contributed by atoms with Crippen LogP contribution < -0.4 is 21.3 Å². The number of hydrogen-bond acceptors (Lipinski definition) is 4. The minimum absolute atomic E-state index is 0.261. The van der Waals surface area contributed by atoms with E-state index in [-0.39, 0.29) is 11.8 Å². The molecule has 3 rings (SSSR count). The second-order valence-corrected chi connectivity index (χ2v) is 8.13. The van der Waals surface area contributed by atoms with Gasteiger partial charge in [0.15, 0.2) is 0 Å². The molecule has 1 aromatic heterocycles. The zero-order valence-corrected chi connectivity index (χ0v) is 18.8. The number of nitrogens with zero attached hydrogens (tertiary/aromatic N) is 2. The van der Waals surface area contributed by atoms with Crippen LogP contribution in [0.15, 0.2) is 52.1 Å². The molecule has 2 aromatic carbocycles. The topological polar surface area (TPSA) is 82.3 Å². The van der Waals surface area contributed by atoms with Gasteiger partial charge in [0, 0.05) is 11.6 Å². The fraction of sp³-hybridized carbons (Fsp3) is 0.348. The molecular formula is C23H26ClN3O4. The van der Waals surface area contributed by atoms with Gasteiger partial charge in [0.1, 0.15) is 11.8 Å². The van der Waals surface area contributed by atoms with Gasteiger partial charge < -0.3 is 10.1 Å². The molecule has 1 atom stereocenters. The molecule has 0 radical (unpaired) electrons. The number of halogens is 1. The maximum atomic E-state index is 13.5. The number of nitrogens with one attached hydrogen (secondary N) is 1. The minimum atomic E-state index is -0.846. The molecule has 7 nitrogen and oxygen atoms in total. The number of amides is 1. The molecule has 1 N–H and O–H groups in total. The molecule has 0 aliphatic carbocycles. The van der Waals surface area contributed by atoms with E-state index in [1.165, 1.54) is 10.6 Å². The number of carbonyl (C=O) groups is 1. The molecule has 164 valence electrons. The highest BCUT2D eigenvalue weighted by Gasteiger charge is 2.23. The van der Waals surface area contributed by atoms with Crippen molar-refractivity contribution in [3.63, 3.8) is 0 Å². The van der Waals surface area contributed by atoms with E-state index in [4.69, 9.17) is 16.3 Å². The Bertz CT molecular complexity index is 1210. The summed E-state index contributed by atoms with van der Waals surface area (Å²) in [6.45, 7) is 8.46. The first-order chi connectivity index (χ1) is 14.7. The molecule has 31 heavy (non-hydrogen) atoms. The molecule has 3 aromatic rings. The van der Waals surface area contributed by atoms with Gasteiger partial charge >= 0.3 is 5.69 Å². The Morgan fingerprint density at radius 1 is 1.10 bits per heavy atom. The molecule has 1 heterocycles. The van der Waals surface area contributed by atoms with Gasteiger partial charge in [-0.15, -0.1) is 0 Å². The van der Waals surface area contributed by atoms with E-state index >= 15 is 0 Å². The molecule has 0 bridgehead atoms. The Morgan fingerprint density at radius 3 is 2.39 bits per heavy atom. The van der Waals surface area contributed by atoms with Gasteiger partial charge in [-0.2, -0.15) is 0 Å². The summed E-state index contributed by atoms with van der Waals surface area (Å²) < 4.78 is 7.82. The maximum Gasteiger partial charge on any atom is 0.336 e. The summed E-state index contributed by atoms with van der Waals surface area (Å²) >= 11 is 6.15. The SMILES string of the molecule is CCOc1ccc(-n2c(=O)c3ccc(Cl)cc3n(C(C)C(=O)NCC(C)C)c2=O)cc1. The Balaban J connectivity index is 2.23. The van der Waals surface area contributed by atoms with Crippen molar-refractivity contribution < 1.29 is 9.53 Å². The zero-order valence-electron chi connectivity index (χ0n) is 18.0. The molecule has 1 amide bonds. The van der Waals surface area contributed by atoms with Gasteiger partial charge in [-0.1, -0.05) is 25.4 Å². The second-order valence-electron chi connectivity index (χ2n) is 7.70. The van der Waals surface area contributed by atoms with Gasteiger partial charge in [-0.05, 0) is 62.2 Å². The summed E-state index contributed by atoms with van der Waals surface area (Å²) in [5, 5.41) is 3.51. The van der Waals surface area contributed by atoms with Crippen molar-refractivity contribution in [1.82, 2.24) is 14.5 Å². The van der Waals surface area contributed by atoms with Crippen molar-refractivity contribution in [3.05, 3.63) is 68.3 Å². The smallest absolute Gasteiger partial charge is 0.336 e. The largest absolute Gasteiger partial charge is 0.494 e. The van der Waals surface area contributed by atoms with Crippen molar-refractivity contribution in [1.29, 1.82) is 0 Å². The molecule has 0 fully saturated rings.